The van der Waals surface area contributed by atoms with E-state index in [0.29, 0.717) is 12.0 Å². The van der Waals surface area contributed by atoms with Gasteiger partial charge >= 0.3 is 0 Å². The molecule has 0 spiro atoms. The first-order valence-corrected chi connectivity index (χ1v) is 7.21. The highest BCUT2D eigenvalue weighted by molar-refractivity contribution is 9.10. The third-order valence-corrected chi connectivity index (χ3v) is 4.02. The lowest BCUT2D eigenvalue weighted by Crippen LogP contribution is -2.31. The van der Waals surface area contributed by atoms with Gasteiger partial charge in [0.25, 0.3) is 0 Å². The summed E-state index contributed by atoms with van der Waals surface area (Å²) in [5, 5.41) is 0. The predicted molar refractivity (Wildman–Crippen MR) is 74.2 cm³/mol. The third kappa shape index (κ3) is 3.71. The van der Waals surface area contributed by atoms with Crippen molar-refractivity contribution in [3.63, 3.8) is 0 Å². The Bertz CT molecular complexity index is 339. The van der Waals surface area contributed by atoms with Crippen LogP contribution in [-0.4, -0.2) is 12.6 Å². The number of hydrogen-bond acceptors (Lipinski definition) is 2. The van der Waals surface area contributed by atoms with Crippen molar-refractivity contribution in [1.82, 2.24) is 0 Å². The maximum atomic E-state index is 6.09. The molecule has 0 saturated heterocycles. The second kappa shape index (κ2) is 6.41. The summed E-state index contributed by atoms with van der Waals surface area (Å²) in [5.41, 5.74) is 5.85. The van der Waals surface area contributed by atoms with Crippen LogP contribution >= 0.6 is 15.9 Å². The molecule has 1 aromatic rings. The van der Waals surface area contributed by atoms with Crippen molar-refractivity contribution in [1.29, 1.82) is 0 Å². The quantitative estimate of drug-likeness (QED) is 0.863. The van der Waals surface area contributed by atoms with E-state index < -0.39 is 0 Å². The number of rotatable bonds is 3. The number of ether oxygens (including phenoxy) is 1. The smallest absolute Gasteiger partial charge is 0.119 e. The van der Waals surface area contributed by atoms with Crippen LogP contribution in [0.4, 0.5) is 0 Å². The molecule has 0 aromatic heterocycles. The summed E-state index contributed by atoms with van der Waals surface area (Å²) in [6.45, 7) is 0.737. The predicted octanol–water partition coefficient (Wildman–Crippen LogP) is 3.74. The molecule has 0 radical (unpaired) electrons. The van der Waals surface area contributed by atoms with E-state index >= 15 is 0 Å². The molecule has 1 saturated carbocycles. The Morgan fingerprint density at radius 1 is 1.12 bits per heavy atom. The SMILES string of the molecule is NCC1CCCCCC1Oc1ccc(Br)cc1. The van der Waals surface area contributed by atoms with Gasteiger partial charge in [0.15, 0.2) is 0 Å². The molecule has 1 aliphatic carbocycles. The minimum atomic E-state index is 0.295. The van der Waals surface area contributed by atoms with Crippen LogP contribution in [0.15, 0.2) is 28.7 Å². The van der Waals surface area contributed by atoms with Crippen LogP contribution in [0, 0.1) is 5.92 Å². The number of halogens is 1. The zero-order valence-electron chi connectivity index (χ0n) is 10.1. The Kier molecular flexibility index (Phi) is 4.86. The highest BCUT2D eigenvalue weighted by Crippen LogP contribution is 2.27. The minimum Gasteiger partial charge on any atom is -0.490 e. The number of hydrogen-bond donors (Lipinski definition) is 1. The fourth-order valence-electron chi connectivity index (χ4n) is 2.46. The zero-order chi connectivity index (χ0) is 12.1. The highest BCUT2D eigenvalue weighted by atomic mass is 79.9. The second-order valence-electron chi connectivity index (χ2n) is 4.74. The van der Waals surface area contributed by atoms with E-state index in [9.17, 15) is 0 Å². The highest BCUT2D eigenvalue weighted by Gasteiger charge is 2.24. The lowest BCUT2D eigenvalue weighted by molar-refractivity contribution is 0.129. The van der Waals surface area contributed by atoms with E-state index in [2.05, 4.69) is 15.9 Å². The van der Waals surface area contributed by atoms with Crippen molar-refractivity contribution in [2.24, 2.45) is 11.7 Å². The van der Waals surface area contributed by atoms with Crippen molar-refractivity contribution in [2.75, 3.05) is 6.54 Å². The summed E-state index contributed by atoms with van der Waals surface area (Å²) in [7, 11) is 0. The van der Waals surface area contributed by atoms with Gasteiger partial charge in [-0.15, -0.1) is 0 Å². The molecular formula is C14H20BrNO. The third-order valence-electron chi connectivity index (χ3n) is 3.49. The van der Waals surface area contributed by atoms with Gasteiger partial charge in [-0.2, -0.15) is 0 Å². The molecule has 3 heteroatoms. The van der Waals surface area contributed by atoms with Crippen LogP contribution in [0.1, 0.15) is 32.1 Å². The zero-order valence-corrected chi connectivity index (χ0v) is 11.7. The van der Waals surface area contributed by atoms with E-state index in [0.717, 1.165) is 23.2 Å². The van der Waals surface area contributed by atoms with Gasteiger partial charge in [-0.25, -0.2) is 0 Å². The van der Waals surface area contributed by atoms with E-state index in [4.69, 9.17) is 10.5 Å². The van der Waals surface area contributed by atoms with Crippen molar-refractivity contribution >= 4 is 15.9 Å². The maximum absolute atomic E-state index is 6.09. The summed E-state index contributed by atoms with van der Waals surface area (Å²) in [6.07, 6.45) is 6.51. The summed E-state index contributed by atoms with van der Waals surface area (Å²) < 4.78 is 7.18. The van der Waals surface area contributed by atoms with Crippen LogP contribution in [0.3, 0.4) is 0 Å². The van der Waals surface area contributed by atoms with Gasteiger partial charge in [-0.1, -0.05) is 28.8 Å². The Morgan fingerprint density at radius 2 is 1.82 bits per heavy atom. The van der Waals surface area contributed by atoms with Gasteiger partial charge in [0, 0.05) is 10.4 Å². The average molecular weight is 298 g/mol. The Balaban J connectivity index is 2.01. The van der Waals surface area contributed by atoms with Crippen LogP contribution < -0.4 is 10.5 Å². The molecule has 2 unspecified atom stereocenters. The molecule has 1 aliphatic rings. The number of nitrogens with two attached hydrogens (primary N) is 1. The fraction of sp³-hybridized carbons (Fsp3) is 0.571. The first-order valence-electron chi connectivity index (χ1n) is 6.42. The Morgan fingerprint density at radius 3 is 2.53 bits per heavy atom. The standard InChI is InChI=1S/C14H20BrNO/c15-12-6-8-13(9-7-12)17-14-5-3-1-2-4-11(14)10-16/h6-9,11,14H,1-5,10,16H2. The van der Waals surface area contributed by atoms with E-state index in [1.54, 1.807) is 0 Å². The molecule has 0 heterocycles. The van der Waals surface area contributed by atoms with Crippen LogP contribution in [0.2, 0.25) is 0 Å². The molecule has 94 valence electrons. The number of benzene rings is 1. The van der Waals surface area contributed by atoms with Gasteiger partial charge < -0.3 is 10.5 Å². The van der Waals surface area contributed by atoms with Gasteiger partial charge in [-0.3, -0.25) is 0 Å². The Hall–Kier alpha value is -0.540. The molecule has 1 aromatic carbocycles. The van der Waals surface area contributed by atoms with Crippen LogP contribution in [-0.2, 0) is 0 Å². The van der Waals surface area contributed by atoms with Crippen molar-refractivity contribution in [2.45, 2.75) is 38.2 Å². The first-order chi connectivity index (χ1) is 8.29. The monoisotopic (exact) mass is 297 g/mol. The maximum Gasteiger partial charge on any atom is 0.119 e. The normalized spacial score (nSPS) is 25.3. The van der Waals surface area contributed by atoms with Crippen molar-refractivity contribution < 1.29 is 4.74 Å². The molecule has 2 atom stereocenters. The molecule has 2 rings (SSSR count). The topological polar surface area (TPSA) is 35.2 Å². The summed E-state index contributed by atoms with van der Waals surface area (Å²) in [4.78, 5) is 0. The van der Waals surface area contributed by atoms with Gasteiger partial charge in [0.05, 0.1) is 0 Å². The van der Waals surface area contributed by atoms with Gasteiger partial charge in [0.2, 0.25) is 0 Å². The van der Waals surface area contributed by atoms with Gasteiger partial charge in [0.1, 0.15) is 11.9 Å². The largest absolute Gasteiger partial charge is 0.490 e. The van der Waals surface area contributed by atoms with E-state index in [1.165, 1.54) is 25.7 Å². The lowest BCUT2D eigenvalue weighted by atomic mass is 9.97. The molecular weight excluding hydrogens is 278 g/mol. The first kappa shape index (κ1) is 12.9. The molecule has 0 aliphatic heterocycles. The van der Waals surface area contributed by atoms with Crippen LogP contribution in [0.25, 0.3) is 0 Å². The molecule has 2 N–H and O–H groups in total. The van der Waals surface area contributed by atoms with Crippen molar-refractivity contribution in [3.05, 3.63) is 28.7 Å². The fourth-order valence-corrected chi connectivity index (χ4v) is 2.73. The minimum absolute atomic E-state index is 0.295. The Labute approximate surface area is 112 Å². The van der Waals surface area contributed by atoms with Crippen molar-refractivity contribution in [3.8, 4) is 5.75 Å². The summed E-state index contributed by atoms with van der Waals surface area (Å²) >= 11 is 3.43. The van der Waals surface area contributed by atoms with Crippen LogP contribution in [0.5, 0.6) is 5.75 Å². The summed E-state index contributed by atoms with van der Waals surface area (Å²) in [6, 6.07) is 8.07. The second-order valence-corrected chi connectivity index (χ2v) is 5.66. The lowest BCUT2D eigenvalue weighted by Gasteiger charge is -2.25. The molecule has 1 fully saturated rings. The molecule has 0 bridgehead atoms. The molecule has 0 amide bonds. The summed E-state index contributed by atoms with van der Waals surface area (Å²) in [5.74, 6) is 1.47. The average Bonchev–Trinajstić information content (AvgIpc) is 2.57. The molecule has 17 heavy (non-hydrogen) atoms. The van der Waals surface area contributed by atoms with E-state index in [1.807, 2.05) is 24.3 Å². The van der Waals surface area contributed by atoms with Gasteiger partial charge in [-0.05, 0) is 50.1 Å². The van der Waals surface area contributed by atoms with E-state index in [-0.39, 0.29) is 0 Å². The molecule has 2 nitrogen and oxygen atoms in total.